The molecule has 0 saturated heterocycles. The molecule has 6 nitrogen and oxygen atoms in total. The summed E-state index contributed by atoms with van der Waals surface area (Å²) in [6, 6.07) is 20.4. The van der Waals surface area contributed by atoms with Crippen LogP contribution in [0.2, 0.25) is 5.02 Å². The van der Waals surface area contributed by atoms with Crippen molar-refractivity contribution < 1.29 is 19.2 Å². The molecule has 0 radical (unpaired) electrons. The van der Waals surface area contributed by atoms with Gasteiger partial charge in [-0.3, -0.25) is 19.2 Å². The van der Waals surface area contributed by atoms with Crippen LogP contribution in [-0.4, -0.2) is 29.4 Å². The molecule has 0 saturated carbocycles. The van der Waals surface area contributed by atoms with Gasteiger partial charge in [-0.05, 0) is 52.7 Å². The second-order valence-electron chi connectivity index (χ2n) is 9.36. The maximum Gasteiger partial charge on any atom is 0.266 e. The van der Waals surface area contributed by atoms with Crippen LogP contribution in [0.3, 0.4) is 0 Å². The lowest BCUT2D eigenvalue weighted by atomic mass is 9.90. The zero-order chi connectivity index (χ0) is 25.4. The summed E-state index contributed by atoms with van der Waals surface area (Å²) < 4.78 is 0. The maximum atomic E-state index is 13.5. The second kappa shape index (κ2) is 7.72. The fourth-order valence-electron chi connectivity index (χ4n) is 5.52. The van der Waals surface area contributed by atoms with Crippen LogP contribution in [-0.2, 0) is 0 Å². The van der Waals surface area contributed by atoms with Gasteiger partial charge in [-0.15, -0.1) is 0 Å². The van der Waals surface area contributed by atoms with E-state index in [0.29, 0.717) is 27.5 Å². The minimum Gasteiger partial charge on any atom is -0.375 e. The predicted octanol–water partition coefficient (Wildman–Crippen LogP) is 5.80. The first kappa shape index (κ1) is 21.7. The van der Waals surface area contributed by atoms with Crippen LogP contribution in [0.25, 0.3) is 16.8 Å². The molecule has 1 N–H and O–H groups in total. The van der Waals surface area contributed by atoms with E-state index in [-0.39, 0.29) is 22.7 Å². The highest BCUT2D eigenvalue weighted by molar-refractivity contribution is 6.37. The van der Waals surface area contributed by atoms with Gasteiger partial charge >= 0.3 is 0 Å². The molecule has 0 fully saturated rings. The Labute approximate surface area is 216 Å². The van der Waals surface area contributed by atoms with Crippen LogP contribution in [0.1, 0.15) is 47.0 Å². The summed E-state index contributed by atoms with van der Waals surface area (Å²) >= 11 is 6.07. The van der Waals surface area contributed by atoms with Gasteiger partial charge in [0, 0.05) is 16.1 Å². The fraction of sp³-hybridized carbons (Fsp3) is 0.0667. The number of para-hydroxylation sites is 1. The van der Waals surface area contributed by atoms with Gasteiger partial charge in [-0.2, -0.15) is 0 Å². The molecule has 1 aliphatic carbocycles. The van der Waals surface area contributed by atoms with E-state index >= 15 is 0 Å². The highest BCUT2D eigenvalue weighted by atomic mass is 35.5. The van der Waals surface area contributed by atoms with Gasteiger partial charge < -0.3 is 5.32 Å². The molecule has 2 heterocycles. The summed E-state index contributed by atoms with van der Waals surface area (Å²) in [7, 11) is 0. The molecule has 7 heteroatoms. The van der Waals surface area contributed by atoms with Crippen molar-refractivity contribution in [3.8, 4) is 0 Å². The Kier molecular flexibility index (Phi) is 4.53. The van der Waals surface area contributed by atoms with Crippen molar-refractivity contribution in [3.05, 3.63) is 112 Å². The second-order valence-corrected chi connectivity index (χ2v) is 9.79. The first-order chi connectivity index (χ1) is 17.9. The third-order valence-electron chi connectivity index (χ3n) is 7.30. The number of carbonyl (C=O) groups is 4. The molecule has 178 valence electrons. The van der Waals surface area contributed by atoms with Crippen LogP contribution in [0, 0.1) is 5.92 Å². The Hall–Kier alpha value is -4.55. The third-order valence-corrected chi connectivity index (χ3v) is 7.53. The lowest BCUT2D eigenvalue weighted by Gasteiger charge is -2.29. The van der Waals surface area contributed by atoms with Gasteiger partial charge in [0.25, 0.3) is 11.8 Å². The Bertz CT molecular complexity index is 1720. The highest BCUT2D eigenvalue weighted by Gasteiger charge is 2.45. The van der Waals surface area contributed by atoms with E-state index in [1.54, 1.807) is 42.5 Å². The number of benzene rings is 4. The number of hydrogen-bond donors (Lipinski definition) is 1. The van der Waals surface area contributed by atoms with Crippen molar-refractivity contribution in [2.45, 2.75) is 6.04 Å². The van der Waals surface area contributed by atoms with E-state index in [0.717, 1.165) is 21.2 Å². The lowest BCUT2D eigenvalue weighted by molar-refractivity contribution is 0.0830. The van der Waals surface area contributed by atoms with Gasteiger partial charge in [-0.1, -0.05) is 60.2 Å². The molecule has 2 aliphatic heterocycles. The Balaban J connectivity index is 1.27. The van der Waals surface area contributed by atoms with E-state index in [2.05, 4.69) is 5.32 Å². The predicted molar refractivity (Wildman–Crippen MR) is 142 cm³/mol. The monoisotopic (exact) mass is 504 g/mol. The minimum atomic E-state index is -0.953. The molecule has 0 aromatic heterocycles. The number of nitrogens with one attached hydrogen (secondary N) is 1. The summed E-state index contributed by atoms with van der Waals surface area (Å²) in [6.45, 7) is 0. The van der Waals surface area contributed by atoms with Gasteiger partial charge in [-0.25, -0.2) is 4.90 Å². The molecule has 2 amide bonds. The van der Waals surface area contributed by atoms with E-state index < -0.39 is 23.8 Å². The first-order valence-electron chi connectivity index (χ1n) is 11.8. The van der Waals surface area contributed by atoms with Gasteiger partial charge in [0.2, 0.25) is 0 Å². The molecular weight excluding hydrogens is 488 g/mol. The molecule has 3 aliphatic rings. The van der Waals surface area contributed by atoms with Gasteiger partial charge in [0.15, 0.2) is 11.6 Å². The largest absolute Gasteiger partial charge is 0.375 e. The van der Waals surface area contributed by atoms with Crippen LogP contribution in [0.15, 0.2) is 78.9 Å². The summed E-state index contributed by atoms with van der Waals surface area (Å²) in [5, 5.41) is 5.46. The van der Waals surface area contributed by atoms with E-state index in [1.807, 2.05) is 36.4 Å². The average molecular weight is 505 g/mol. The number of hydrogen-bond acceptors (Lipinski definition) is 5. The zero-order valence-corrected chi connectivity index (χ0v) is 20.0. The molecule has 1 atom stereocenters. The summed E-state index contributed by atoms with van der Waals surface area (Å²) in [5.74, 6) is -2.38. The summed E-state index contributed by atoms with van der Waals surface area (Å²) in [4.78, 5) is 54.5. The number of halogens is 1. The molecular formula is C30H17ClN2O4. The molecule has 4 aromatic rings. The van der Waals surface area contributed by atoms with Crippen molar-refractivity contribution >= 4 is 63.2 Å². The van der Waals surface area contributed by atoms with Crippen molar-refractivity contribution in [1.82, 2.24) is 0 Å². The van der Waals surface area contributed by atoms with Gasteiger partial charge in [0.1, 0.15) is 5.92 Å². The molecule has 0 bridgehead atoms. The first-order valence-corrected chi connectivity index (χ1v) is 12.2. The Morgan fingerprint density at radius 2 is 1.38 bits per heavy atom. The zero-order valence-electron chi connectivity index (χ0n) is 19.2. The van der Waals surface area contributed by atoms with Crippen LogP contribution in [0.4, 0.5) is 11.4 Å². The SMILES string of the molecule is O=C1c2cc3ccccc3cc2C(=O)C1C1C=Cc2cccc(N3C(=O)c4ccc(Cl)cc4C3=O)c2N1. The maximum absolute atomic E-state index is 13.5. The number of nitrogens with zero attached hydrogens (tertiary/aromatic N) is 1. The normalized spacial score (nSPS) is 18.3. The smallest absolute Gasteiger partial charge is 0.266 e. The number of amides is 2. The number of anilines is 2. The number of rotatable bonds is 2. The van der Waals surface area contributed by atoms with Crippen molar-refractivity contribution in [2.24, 2.45) is 5.92 Å². The quantitative estimate of drug-likeness (QED) is 0.276. The Morgan fingerprint density at radius 3 is 2.08 bits per heavy atom. The number of Topliss-reactive ketones (excluding diaryl/α,β-unsaturated/α-hetero) is 2. The Morgan fingerprint density at radius 1 is 0.703 bits per heavy atom. The number of imide groups is 1. The lowest BCUT2D eigenvalue weighted by Crippen LogP contribution is -2.37. The topological polar surface area (TPSA) is 83.6 Å². The molecule has 4 aromatic carbocycles. The third kappa shape index (κ3) is 3.06. The fourth-order valence-corrected chi connectivity index (χ4v) is 5.69. The van der Waals surface area contributed by atoms with Crippen molar-refractivity contribution in [2.75, 3.05) is 10.2 Å². The van der Waals surface area contributed by atoms with Crippen LogP contribution in [0.5, 0.6) is 0 Å². The van der Waals surface area contributed by atoms with Crippen molar-refractivity contribution in [3.63, 3.8) is 0 Å². The standard InChI is InChI=1S/C30H17ClN2O4/c31-18-9-10-19-22(14-18)30(37)33(29(19)36)24-7-3-6-15-8-11-23(32-26(15)24)25-27(34)20-12-16-4-1-2-5-17(16)13-21(20)28(25)35/h1-14,23,25,32H. The van der Waals surface area contributed by atoms with Crippen LogP contribution >= 0.6 is 11.6 Å². The average Bonchev–Trinajstić information content (AvgIpc) is 3.30. The highest BCUT2D eigenvalue weighted by Crippen LogP contribution is 2.41. The summed E-state index contributed by atoms with van der Waals surface area (Å²) in [5.41, 5.74) is 2.96. The molecule has 0 spiro atoms. The molecule has 37 heavy (non-hydrogen) atoms. The van der Waals surface area contributed by atoms with E-state index in [4.69, 9.17) is 11.6 Å². The molecule has 7 rings (SSSR count). The van der Waals surface area contributed by atoms with E-state index in [1.165, 1.54) is 6.07 Å². The summed E-state index contributed by atoms with van der Waals surface area (Å²) in [6.07, 6.45) is 3.61. The number of carbonyl (C=O) groups excluding carboxylic acids is 4. The van der Waals surface area contributed by atoms with Gasteiger partial charge in [0.05, 0.1) is 28.5 Å². The number of ketones is 2. The van der Waals surface area contributed by atoms with Crippen LogP contribution < -0.4 is 10.2 Å². The minimum absolute atomic E-state index is 0.238. The molecule has 1 unspecified atom stereocenters. The van der Waals surface area contributed by atoms with Crippen molar-refractivity contribution in [1.29, 1.82) is 0 Å². The number of fused-ring (bicyclic) bond motifs is 4. The van der Waals surface area contributed by atoms with E-state index in [9.17, 15) is 19.2 Å².